The molecule has 0 amide bonds. The van der Waals surface area contributed by atoms with Crippen molar-refractivity contribution in [1.29, 1.82) is 0 Å². The topological polar surface area (TPSA) is 83.6 Å². The number of aryl methyl sites for hydroxylation is 1. The van der Waals surface area contributed by atoms with E-state index < -0.39 is 10.0 Å². The van der Waals surface area contributed by atoms with Crippen molar-refractivity contribution in [3.05, 3.63) is 22.7 Å². The van der Waals surface area contributed by atoms with Gasteiger partial charge in [0.1, 0.15) is 0 Å². The predicted octanol–water partition coefficient (Wildman–Crippen LogP) is 1.38. The summed E-state index contributed by atoms with van der Waals surface area (Å²) in [5, 5.41) is 9.62. The van der Waals surface area contributed by atoms with Gasteiger partial charge in [0.25, 0.3) is 0 Å². The van der Waals surface area contributed by atoms with Crippen LogP contribution in [0.1, 0.15) is 18.4 Å². The summed E-state index contributed by atoms with van der Waals surface area (Å²) >= 11 is 5.94. The molecular formula is C12H17ClN2O3S. The summed E-state index contributed by atoms with van der Waals surface area (Å²) in [7, 11) is -3.63. The number of nitrogen functional groups attached to an aromatic ring is 1. The van der Waals surface area contributed by atoms with Gasteiger partial charge in [0.15, 0.2) is 0 Å². The highest BCUT2D eigenvalue weighted by atomic mass is 35.5. The Balaban J connectivity index is 2.45. The molecule has 1 atom stereocenters. The van der Waals surface area contributed by atoms with Crippen molar-refractivity contribution in [2.45, 2.75) is 30.7 Å². The number of anilines is 1. The molecule has 1 aliphatic rings. The highest BCUT2D eigenvalue weighted by Gasteiger charge is 2.35. The Kier molecular flexibility index (Phi) is 4.06. The Morgan fingerprint density at radius 1 is 1.53 bits per heavy atom. The molecule has 0 saturated carbocycles. The minimum absolute atomic E-state index is 0.132. The molecule has 1 heterocycles. The highest BCUT2D eigenvalue weighted by Crippen LogP contribution is 2.31. The quantitative estimate of drug-likeness (QED) is 0.826. The summed E-state index contributed by atoms with van der Waals surface area (Å²) in [5.41, 5.74) is 6.59. The standard InChI is InChI=1S/C12H17ClN2O3S/c1-8-5-10(6-11(14)12(8)13)19(17,18)15-4-2-3-9(15)7-16/h5-6,9,16H,2-4,7,14H2,1H3. The van der Waals surface area contributed by atoms with Gasteiger partial charge >= 0.3 is 0 Å². The zero-order valence-corrected chi connectivity index (χ0v) is 12.2. The molecule has 19 heavy (non-hydrogen) atoms. The first kappa shape index (κ1) is 14.6. The Morgan fingerprint density at radius 3 is 2.79 bits per heavy atom. The second kappa shape index (κ2) is 5.28. The molecule has 5 nitrogen and oxygen atoms in total. The average molecular weight is 305 g/mol. The summed E-state index contributed by atoms with van der Waals surface area (Å²) in [6, 6.07) is 2.54. The van der Waals surface area contributed by atoms with E-state index in [2.05, 4.69) is 0 Å². The molecule has 1 saturated heterocycles. The molecule has 7 heteroatoms. The lowest BCUT2D eigenvalue weighted by atomic mass is 10.2. The van der Waals surface area contributed by atoms with Crippen molar-refractivity contribution in [1.82, 2.24) is 4.31 Å². The maximum Gasteiger partial charge on any atom is 0.243 e. The fraction of sp³-hybridized carbons (Fsp3) is 0.500. The molecule has 1 unspecified atom stereocenters. The van der Waals surface area contributed by atoms with E-state index in [0.29, 0.717) is 23.6 Å². The van der Waals surface area contributed by atoms with E-state index in [-0.39, 0.29) is 23.2 Å². The fourth-order valence-corrected chi connectivity index (χ4v) is 4.27. The van der Waals surface area contributed by atoms with E-state index in [9.17, 15) is 13.5 Å². The molecule has 106 valence electrons. The third-order valence-corrected chi connectivity index (χ3v) is 5.84. The maximum absolute atomic E-state index is 12.5. The van der Waals surface area contributed by atoms with Crippen LogP contribution in [-0.2, 0) is 10.0 Å². The normalized spacial score (nSPS) is 20.9. The van der Waals surface area contributed by atoms with Crippen molar-refractivity contribution >= 4 is 27.3 Å². The first-order valence-corrected chi connectivity index (χ1v) is 7.88. The number of hydrogen-bond acceptors (Lipinski definition) is 4. The number of nitrogens with zero attached hydrogens (tertiary/aromatic N) is 1. The third kappa shape index (κ3) is 2.58. The SMILES string of the molecule is Cc1cc(S(=O)(=O)N2CCCC2CO)cc(N)c1Cl. The van der Waals surface area contributed by atoms with Crippen LogP contribution in [0.15, 0.2) is 17.0 Å². The molecule has 0 radical (unpaired) electrons. The van der Waals surface area contributed by atoms with Gasteiger partial charge in [0.05, 0.1) is 22.2 Å². The van der Waals surface area contributed by atoms with Crippen molar-refractivity contribution in [3.63, 3.8) is 0 Å². The summed E-state index contributed by atoms with van der Waals surface area (Å²) < 4.78 is 26.4. The lowest BCUT2D eigenvalue weighted by molar-refractivity contribution is 0.213. The number of rotatable bonds is 3. The van der Waals surface area contributed by atoms with Crippen LogP contribution in [0.5, 0.6) is 0 Å². The zero-order valence-electron chi connectivity index (χ0n) is 10.6. The van der Waals surface area contributed by atoms with Crippen LogP contribution >= 0.6 is 11.6 Å². The second-order valence-electron chi connectivity index (χ2n) is 4.74. The van der Waals surface area contributed by atoms with Crippen LogP contribution in [0.25, 0.3) is 0 Å². The van der Waals surface area contributed by atoms with Crippen molar-refractivity contribution < 1.29 is 13.5 Å². The summed E-state index contributed by atoms with van der Waals surface area (Å²) in [4.78, 5) is 0.132. The molecule has 0 aliphatic carbocycles. The lowest BCUT2D eigenvalue weighted by Gasteiger charge is -2.23. The van der Waals surface area contributed by atoms with Gasteiger partial charge in [-0.15, -0.1) is 0 Å². The van der Waals surface area contributed by atoms with Crippen LogP contribution in [-0.4, -0.2) is 37.0 Å². The second-order valence-corrected chi connectivity index (χ2v) is 7.01. The lowest BCUT2D eigenvalue weighted by Crippen LogP contribution is -2.37. The number of benzene rings is 1. The van der Waals surface area contributed by atoms with Gasteiger partial charge in [0.2, 0.25) is 10.0 Å². The van der Waals surface area contributed by atoms with Gasteiger partial charge < -0.3 is 10.8 Å². The van der Waals surface area contributed by atoms with E-state index in [4.69, 9.17) is 17.3 Å². The molecule has 1 aromatic rings. The van der Waals surface area contributed by atoms with Gasteiger partial charge in [-0.2, -0.15) is 4.31 Å². The van der Waals surface area contributed by atoms with Crippen LogP contribution in [0.4, 0.5) is 5.69 Å². The minimum Gasteiger partial charge on any atom is -0.397 e. The van der Waals surface area contributed by atoms with Gasteiger partial charge in [0, 0.05) is 12.6 Å². The van der Waals surface area contributed by atoms with Crippen LogP contribution in [0.3, 0.4) is 0 Å². The fourth-order valence-electron chi connectivity index (χ4n) is 2.36. The number of halogens is 1. The Bertz CT molecular complexity index is 566. The Morgan fingerprint density at radius 2 is 2.21 bits per heavy atom. The van der Waals surface area contributed by atoms with E-state index in [1.165, 1.54) is 16.4 Å². The third-order valence-electron chi connectivity index (χ3n) is 3.40. The summed E-state index contributed by atoms with van der Waals surface area (Å²) in [6.45, 7) is 1.97. The molecule has 1 fully saturated rings. The molecule has 0 aromatic heterocycles. The van der Waals surface area contributed by atoms with Gasteiger partial charge in [-0.1, -0.05) is 11.6 Å². The molecule has 1 aliphatic heterocycles. The van der Waals surface area contributed by atoms with Crippen LogP contribution < -0.4 is 5.73 Å². The van der Waals surface area contributed by atoms with Crippen LogP contribution in [0.2, 0.25) is 5.02 Å². The maximum atomic E-state index is 12.5. The van der Waals surface area contributed by atoms with Crippen molar-refractivity contribution in [3.8, 4) is 0 Å². The molecular weight excluding hydrogens is 288 g/mol. The number of aliphatic hydroxyl groups excluding tert-OH is 1. The van der Waals surface area contributed by atoms with Gasteiger partial charge in [-0.25, -0.2) is 8.42 Å². The monoisotopic (exact) mass is 304 g/mol. The van der Waals surface area contributed by atoms with E-state index in [1.54, 1.807) is 6.92 Å². The number of aliphatic hydroxyl groups is 1. The van der Waals surface area contributed by atoms with Gasteiger partial charge in [-0.05, 0) is 37.5 Å². The predicted molar refractivity (Wildman–Crippen MR) is 74.6 cm³/mol. The van der Waals surface area contributed by atoms with Gasteiger partial charge in [-0.3, -0.25) is 0 Å². The molecule has 3 N–H and O–H groups in total. The van der Waals surface area contributed by atoms with E-state index in [1.807, 2.05) is 0 Å². The smallest absolute Gasteiger partial charge is 0.243 e. The summed E-state index contributed by atoms with van der Waals surface area (Å²) in [5.74, 6) is 0. The molecule has 1 aromatic carbocycles. The first-order valence-electron chi connectivity index (χ1n) is 6.06. The van der Waals surface area contributed by atoms with Crippen molar-refractivity contribution in [2.75, 3.05) is 18.9 Å². The number of nitrogens with two attached hydrogens (primary N) is 1. The number of sulfonamides is 1. The Labute approximate surface area is 118 Å². The number of hydrogen-bond donors (Lipinski definition) is 2. The molecule has 0 bridgehead atoms. The first-order chi connectivity index (χ1) is 8.87. The average Bonchev–Trinajstić information content (AvgIpc) is 2.84. The van der Waals surface area contributed by atoms with Crippen LogP contribution in [0, 0.1) is 6.92 Å². The van der Waals surface area contributed by atoms with E-state index in [0.717, 1.165) is 6.42 Å². The highest BCUT2D eigenvalue weighted by molar-refractivity contribution is 7.89. The molecule has 0 spiro atoms. The van der Waals surface area contributed by atoms with Crippen molar-refractivity contribution in [2.24, 2.45) is 0 Å². The Hall–Kier alpha value is -0.820. The summed E-state index contributed by atoms with van der Waals surface area (Å²) in [6.07, 6.45) is 1.43. The molecule has 2 rings (SSSR count). The zero-order chi connectivity index (χ0) is 14.2. The van der Waals surface area contributed by atoms with E-state index >= 15 is 0 Å². The largest absolute Gasteiger partial charge is 0.397 e. The minimum atomic E-state index is -3.63.